The van der Waals surface area contributed by atoms with Crippen LogP contribution in [0.1, 0.15) is 54.6 Å². The normalized spacial score (nSPS) is 23.7. The van der Waals surface area contributed by atoms with Gasteiger partial charge in [0.1, 0.15) is 18.3 Å². The van der Waals surface area contributed by atoms with Crippen LogP contribution in [0.2, 0.25) is 0 Å². The average molecular weight is 632 g/mol. The van der Waals surface area contributed by atoms with Crippen LogP contribution in [0.4, 0.5) is 5.69 Å². The minimum atomic E-state index is -1.22. The first-order valence-electron chi connectivity index (χ1n) is 15.5. The summed E-state index contributed by atoms with van der Waals surface area (Å²) in [5.41, 5.74) is -0.634. The minimum absolute atomic E-state index is 0.0661. The maximum atomic E-state index is 13.4. The van der Waals surface area contributed by atoms with E-state index in [9.17, 15) is 28.8 Å². The Morgan fingerprint density at radius 3 is 2.36 bits per heavy atom. The lowest BCUT2D eigenvalue weighted by atomic mass is 9.54. The molecule has 3 aromatic rings. The summed E-state index contributed by atoms with van der Waals surface area (Å²) in [5, 5.41) is 11.6. The highest BCUT2D eigenvalue weighted by atomic mass is 32.1. The largest absolute Gasteiger partial charge is 0.353 e. The number of nitrogens with one attached hydrogen (secondary N) is 4. The highest BCUT2D eigenvalue weighted by molar-refractivity contribution is 7.20. The van der Waals surface area contributed by atoms with Gasteiger partial charge in [-0.3, -0.25) is 28.8 Å². The number of ketones is 1. The van der Waals surface area contributed by atoms with E-state index in [4.69, 9.17) is 0 Å². The highest BCUT2D eigenvalue weighted by Gasteiger charge is 2.48. The molecule has 2 heterocycles. The fraction of sp³-hybridized carbons (Fsp3) is 0.455. The molecule has 4 N–H and O–H groups in total. The van der Waals surface area contributed by atoms with E-state index < -0.39 is 35.1 Å². The van der Waals surface area contributed by atoms with E-state index >= 15 is 0 Å². The Morgan fingerprint density at radius 2 is 1.67 bits per heavy atom. The first-order chi connectivity index (χ1) is 21.7. The number of fused-ring (bicyclic) bond motifs is 1. The fourth-order valence-corrected chi connectivity index (χ4v) is 8.61. The molecule has 11 nitrogen and oxygen atoms in total. The molecule has 0 saturated heterocycles. The van der Waals surface area contributed by atoms with Crippen LogP contribution in [0.15, 0.2) is 53.5 Å². The maximum Gasteiger partial charge on any atom is 0.287 e. The summed E-state index contributed by atoms with van der Waals surface area (Å²) in [6, 6.07) is 11.1. The summed E-state index contributed by atoms with van der Waals surface area (Å²) in [5.74, 6) is -0.448. The van der Waals surface area contributed by atoms with Gasteiger partial charge in [-0.15, -0.1) is 11.3 Å². The molecule has 0 unspecified atom stereocenters. The second-order valence-electron chi connectivity index (χ2n) is 12.6. The molecule has 4 saturated carbocycles. The van der Waals surface area contributed by atoms with Crippen molar-refractivity contribution in [3.8, 4) is 0 Å². The van der Waals surface area contributed by atoms with Crippen molar-refractivity contribution in [3.63, 3.8) is 0 Å². The number of Topliss-reactive ketones (excluding diaryl/α,β-unsaturated/α-hetero) is 1. The number of hydrogen-bond acceptors (Lipinski definition) is 7. The standard InChI is InChI=1S/C33H37N5O6S/c1-34-31(42)25(39)9-8-23(35-32(43)27-16-20-5-2-3-7-26(20)45-27)30(41)36-24-6-4-10-38(33(24)44)17-28(40)37-29-21-12-18-11-19(14-21)15-22(29)13-18/h2-7,10,16,18-19,21-23,29H,8-9,11-15,17H2,1H3,(H,34,42)(H,35,43)(H,36,41)(H,37,40)/t18?,19?,21?,22?,23-,29?/m0/s1. The number of benzene rings is 1. The molecule has 236 valence electrons. The van der Waals surface area contributed by atoms with Crippen molar-refractivity contribution >= 4 is 56.5 Å². The summed E-state index contributed by atoms with van der Waals surface area (Å²) in [4.78, 5) is 77.3. The van der Waals surface area contributed by atoms with Gasteiger partial charge in [-0.1, -0.05) is 18.2 Å². The lowest BCUT2D eigenvalue weighted by molar-refractivity contribution is -0.137. The van der Waals surface area contributed by atoms with Gasteiger partial charge >= 0.3 is 0 Å². The zero-order valence-corrected chi connectivity index (χ0v) is 25.9. The first kappa shape index (κ1) is 30.7. The van der Waals surface area contributed by atoms with Crippen molar-refractivity contribution in [1.29, 1.82) is 0 Å². The number of aromatic nitrogens is 1. The number of rotatable bonds is 11. The Kier molecular flexibility index (Phi) is 8.84. The van der Waals surface area contributed by atoms with E-state index in [-0.39, 0.29) is 37.0 Å². The number of carbonyl (C=O) groups excluding carboxylic acids is 5. The Bertz CT molecular complexity index is 1650. The van der Waals surface area contributed by atoms with Crippen LogP contribution < -0.4 is 26.8 Å². The van der Waals surface area contributed by atoms with Crippen molar-refractivity contribution in [2.45, 2.75) is 63.6 Å². The lowest BCUT2D eigenvalue weighted by Gasteiger charge is -2.54. The molecular formula is C33H37N5O6S. The van der Waals surface area contributed by atoms with Gasteiger partial charge in [-0.25, -0.2) is 0 Å². The molecule has 45 heavy (non-hydrogen) atoms. The van der Waals surface area contributed by atoms with Gasteiger partial charge in [-0.2, -0.15) is 0 Å². The third-order valence-corrected chi connectivity index (χ3v) is 10.7. The van der Waals surface area contributed by atoms with Gasteiger partial charge in [0.05, 0.1) is 4.88 Å². The average Bonchev–Trinajstić information content (AvgIpc) is 3.46. The molecule has 0 aliphatic heterocycles. The fourth-order valence-electron chi connectivity index (χ4n) is 7.64. The number of amides is 4. The maximum absolute atomic E-state index is 13.4. The summed E-state index contributed by atoms with van der Waals surface area (Å²) >= 11 is 1.26. The quantitative estimate of drug-likeness (QED) is 0.239. The van der Waals surface area contributed by atoms with Crippen LogP contribution in [0, 0.1) is 23.7 Å². The third kappa shape index (κ3) is 6.70. The van der Waals surface area contributed by atoms with Crippen molar-refractivity contribution in [3.05, 3.63) is 63.9 Å². The van der Waals surface area contributed by atoms with E-state index in [2.05, 4.69) is 21.3 Å². The number of hydrogen-bond donors (Lipinski definition) is 4. The Morgan fingerprint density at radius 1 is 0.956 bits per heavy atom. The van der Waals surface area contributed by atoms with Crippen molar-refractivity contribution in [1.82, 2.24) is 20.5 Å². The Balaban J connectivity index is 1.13. The smallest absolute Gasteiger partial charge is 0.287 e. The molecule has 4 bridgehead atoms. The molecule has 1 aromatic carbocycles. The van der Waals surface area contributed by atoms with Crippen LogP contribution >= 0.6 is 11.3 Å². The highest BCUT2D eigenvalue weighted by Crippen LogP contribution is 2.53. The number of pyridine rings is 1. The van der Waals surface area contributed by atoms with Crippen molar-refractivity contribution in [2.24, 2.45) is 23.7 Å². The summed E-state index contributed by atoms with van der Waals surface area (Å²) in [6.07, 6.45) is 7.00. The molecule has 12 heteroatoms. The van der Waals surface area contributed by atoms with Gasteiger partial charge in [-0.05, 0) is 91.8 Å². The van der Waals surface area contributed by atoms with E-state index in [0.717, 1.165) is 47.6 Å². The number of anilines is 1. The van der Waals surface area contributed by atoms with Crippen molar-refractivity contribution < 1.29 is 24.0 Å². The molecule has 4 fully saturated rings. The summed E-state index contributed by atoms with van der Waals surface area (Å²) in [6.45, 7) is -0.182. The predicted octanol–water partition coefficient (Wildman–Crippen LogP) is 2.84. The van der Waals surface area contributed by atoms with Gasteiger partial charge in [0, 0.05) is 30.4 Å². The van der Waals surface area contributed by atoms with Gasteiger partial charge < -0.3 is 25.8 Å². The van der Waals surface area contributed by atoms with Crippen LogP contribution in [-0.2, 0) is 25.7 Å². The topological polar surface area (TPSA) is 155 Å². The van der Waals surface area contributed by atoms with Crippen LogP contribution in [0.5, 0.6) is 0 Å². The monoisotopic (exact) mass is 631 g/mol. The molecule has 0 spiro atoms. The van der Waals surface area contributed by atoms with E-state index in [0.29, 0.717) is 16.7 Å². The molecule has 4 amide bonds. The predicted molar refractivity (Wildman–Crippen MR) is 170 cm³/mol. The molecule has 1 atom stereocenters. The van der Waals surface area contributed by atoms with E-state index in [1.807, 2.05) is 24.3 Å². The SMILES string of the molecule is CNC(=O)C(=O)CC[C@H](NC(=O)c1cc2ccccc2s1)C(=O)Nc1cccn(CC(=O)NC2C3CC4CC(C3)CC2C4)c1=O. The molecule has 7 rings (SSSR count). The zero-order valence-electron chi connectivity index (χ0n) is 25.0. The molecular weight excluding hydrogens is 594 g/mol. The van der Waals surface area contributed by atoms with Crippen LogP contribution in [0.25, 0.3) is 10.1 Å². The van der Waals surface area contributed by atoms with Crippen molar-refractivity contribution in [2.75, 3.05) is 12.4 Å². The second-order valence-corrected chi connectivity index (χ2v) is 13.7. The zero-order chi connectivity index (χ0) is 31.7. The van der Waals surface area contributed by atoms with E-state index in [1.54, 1.807) is 12.1 Å². The summed E-state index contributed by atoms with van der Waals surface area (Å²) in [7, 11) is 1.33. The first-order valence-corrected chi connectivity index (χ1v) is 16.3. The number of likely N-dealkylation sites (N-methyl/N-ethyl adjacent to an activating group) is 1. The molecule has 4 aliphatic rings. The van der Waals surface area contributed by atoms with Gasteiger partial charge in [0.2, 0.25) is 17.6 Å². The second kappa shape index (κ2) is 13.0. The molecule has 4 aliphatic carbocycles. The number of thiophene rings is 1. The Labute approximate surface area is 264 Å². The third-order valence-electron chi connectivity index (χ3n) is 9.56. The van der Waals surface area contributed by atoms with Gasteiger partial charge in [0.25, 0.3) is 17.4 Å². The molecule has 0 radical (unpaired) electrons. The van der Waals surface area contributed by atoms with Gasteiger partial charge in [0.15, 0.2) is 0 Å². The van der Waals surface area contributed by atoms with E-state index in [1.165, 1.54) is 41.6 Å². The summed E-state index contributed by atoms with van der Waals surface area (Å²) < 4.78 is 2.15. The lowest BCUT2D eigenvalue weighted by Crippen LogP contribution is -2.56. The number of carbonyl (C=O) groups is 5. The number of nitrogens with zero attached hydrogens (tertiary/aromatic N) is 1. The van der Waals surface area contributed by atoms with Crippen LogP contribution in [-0.4, -0.2) is 53.1 Å². The van der Waals surface area contributed by atoms with Crippen LogP contribution in [0.3, 0.4) is 0 Å². The minimum Gasteiger partial charge on any atom is -0.353 e. The molecule has 2 aromatic heterocycles. The Hall–Kier alpha value is -4.32.